The standard InChI is InChI=1S/C12H13BrN2O3/c13-8-4-7(10(16)17)5-9(6-8)15-11(18)12(14)2-1-3-12/h4-6H,1-3,14H2,(H,15,18)(H,16,17). The largest absolute Gasteiger partial charge is 0.478 e. The third kappa shape index (κ3) is 2.54. The summed E-state index contributed by atoms with van der Waals surface area (Å²) < 4.78 is 0.595. The summed E-state index contributed by atoms with van der Waals surface area (Å²) in [6, 6.07) is 4.53. The van der Waals surface area contributed by atoms with E-state index in [-0.39, 0.29) is 11.5 Å². The van der Waals surface area contributed by atoms with Gasteiger partial charge in [0.2, 0.25) is 5.91 Å². The van der Waals surface area contributed by atoms with E-state index in [9.17, 15) is 9.59 Å². The molecule has 0 spiro atoms. The first-order valence-electron chi connectivity index (χ1n) is 5.55. The van der Waals surface area contributed by atoms with Crippen LogP contribution in [0.3, 0.4) is 0 Å². The van der Waals surface area contributed by atoms with E-state index in [4.69, 9.17) is 10.8 Å². The van der Waals surface area contributed by atoms with Crippen molar-refractivity contribution >= 4 is 33.5 Å². The highest BCUT2D eigenvalue weighted by molar-refractivity contribution is 9.10. The van der Waals surface area contributed by atoms with Crippen LogP contribution in [-0.2, 0) is 4.79 Å². The van der Waals surface area contributed by atoms with Gasteiger partial charge in [-0.05, 0) is 37.5 Å². The molecule has 96 valence electrons. The normalized spacial score (nSPS) is 16.8. The molecule has 1 aliphatic rings. The minimum Gasteiger partial charge on any atom is -0.478 e. The number of nitrogens with one attached hydrogen (secondary N) is 1. The molecule has 1 aromatic rings. The first kappa shape index (κ1) is 13.0. The van der Waals surface area contributed by atoms with Gasteiger partial charge in [-0.2, -0.15) is 0 Å². The number of hydrogen-bond donors (Lipinski definition) is 3. The Bertz CT molecular complexity index is 512. The fourth-order valence-corrected chi connectivity index (χ4v) is 2.32. The second kappa shape index (κ2) is 4.70. The van der Waals surface area contributed by atoms with Crippen molar-refractivity contribution in [1.82, 2.24) is 0 Å². The van der Waals surface area contributed by atoms with E-state index >= 15 is 0 Å². The molecule has 5 nitrogen and oxygen atoms in total. The third-order valence-corrected chi connectivity index (χ3v) is 3.56. The predicted octanol–water partition coefficient (Wildman–Crippen LogP) is 1.97. The van der Waals surface area contributed by atoms with E-state index in [2.05, 4.69) is 21.2 Å². The molecular weight excluding hydrogens is 300 g/mol. The zero-order valence-corrected chi connectivity index (χ0v) is 11.2. The summed E-state index contributed by atoms with van der Waals surface area (Å²) in [6.45, 7) is 0. The van der Waals surface area contributed by atoms with Gasteiger partial charge >= 0.3 is 5.97 Å². The fourth-order valence-electron chi connectivity index (χ4n) is 1.83. The van der Waals surface area contributed by atoms with Gasteiger partial charge in [-0.1, -0.05) is 15.9 Å². The lowest BCUT2D eigenvalue weighted by Crippen LogP contribution is -2.56. The molecule has 0 aromatic heterocycles. The van der Waals surface area contributed by atoms with Gasteiger partial charge in [-0.25, -0.2) is 4.79 Å². The van der Waals surface area contributed by atoms with E-state index < -0.39 is 11.5 Å². The van der Waals surface area contributed by atoms with Gasteiger partial charge in [0.05, 0.1) is 11.1 Å². The molecule has 4 N–H and O–H groups in total. The van der Waals surface area contributed by atoms with Crippen molar-refractivity contribution in [1.29, 1.82) is 0 Å². The van der Waals surface area contributed by atoms with Crippen LogP contribution in [-0.4, -0.2) is 22.5 Å². The molecule has 0 bridgehead atoms. The second-order valence-corrected chi connectivity index (χ2v) is 5.41. The van der Waals surface area contributed by atoms with Crippen molar-refractivity contribution in [2.75, 3.05) is 5.32 Å². The maximum atomic E-state index is 11.9. The number of carboxylic acids is 1. The number of carbonyl (C=O) groups excluding carboxylic acids is 1. The second-order valence-electron chi connectivity index (χ2n) is 4.50. The smallest absolute Gasteiger partial charge is 0.335 e. The lowest BCUT2D eigenvalue weighted by molar-refractivity contribution is -0.123. The summed E-state index contributed by atoms with van der Waals surface area (Å²) >= 11 is 3.21. The van der Waals surface area contributed by atoms with Crippen molar-refractivity contribution in [3.8, 4) is 0 Å². The summed E-state index contributed by atoms with van der Waals surface area (Å²) in [5.41, 5.74) is 5.63. The van der Waals surface area contributed by atoms with Crippen LogP contribution in [0.1, 0.15) is 29.6 Å². The summed E-state index contributed by atoms with van der Waals surface area (Å²) in [7, 11) is 0. The molecule has 0 saturated heterocycles. The highest BCUT2D eigenvalue weighted by Gasteiger charge is 2.40. The molecule has 1 aliphatic carbocycles. The lowest BCUT2D eigenvalue weighted by atomic mass is 9.77. The van der Waals surface area contributed by atoms with Crippen molar-refractivity contribution in [3.63, 3.8) is 0 Å². The summed E-state index contributed by atoms with van der Waals surface area (Å²) in [5.74, 6) is -1.30. The van der Waals surface area contributed by atoms with E-state index in [1.807, 2.05) is 0 Å². The van der Waals surface area contributed by atoms with E-state index in [1.165, 1.54) is 12.1 Å². The Morgan fingerprint density at radius 3 is 2.50 bits per heavy atom. The Balaban J connectivity index is 2.18. The number of benzene rings is 1. The fraction of sp³-hybridized carbons (Fsp3) is 0.333. The van der Waals surface area contributed by atoms with Gasteiger partial charge in [0, 0.05) is 10.2 Å². The number of rotatable bonds is 3. The third-order valence-electron chi connectivity index (χ3n) is 3.10. The Labute approximate surface area is 112 Å². The van der Waals surface area contributed by atoms with Gasteiger partial charge in [0.1, 0.15) is 0 Å². The number of amides is 1. The molecule has 1 fully saturated rings. The SMILES string of the molecule is NC1(C(=O)Nc2cc(Br)cc(C(=O)O)c2)CCC1. The van der Waals surface area contributed by atoms with Crippen LogP contribution >= 0.6 is 15.9 Å². The summed E-state index contributed by atoms with van der Waals surface area (Å²) in [5, 5.41) is 11.6. The number of hydrogen-bond acceptors (Lipinski definition) is 3. The maximum absolute atomic E-state index is 11.9. The van der Waals surface area contributed by atoms with E-state index in [0.717, 1.165) is 6.42 Å². The van der Waals surface area contributed by atoms with Gasteiger partial charge in [0.25, 0.3) is 0 Å². The minimum atomic E-state index is -1.04. The van der Waals surface area contributed by atoms with E-state index in [0.29, 0.717) is 23.0 Å². The molecule has 0 aliphatic heterocycles. The molecule has 18 heavy (non-hydrogen) atoms. The topological polar surface area (TPSA) is 92.4 Å². The highest BCUT2D eigenvalue weighted by atomic mass is 79.9. The Morgan fingerprint density at radius 2 is 2.00 bits per heavy atom. The zero-order valence-electron chi connectivity index (χ0n) is 9.57. The molecular formula is C12H13BrN2O3. The Hall–Kier alpha value is -1.40. The van der Waals surface area contributed by atoms with Crippen LogP contribution in [0.25, 0.3) is 0 Å². The van der Waals surface area contributed by atoms with Gasteiger partial charge in [-0.3, -0.25) is 4.79 Å². The van der Waals surface area contributed by atoms with Crippen molar-refractivity contribution < 1.29 is 14.7 Å². The van der Waals surface area contributed by atoms with Crippen LogP contribution in [0.15, 0.2) is 22.7 Å². The molecule has 0 unspecified atom stereocenters. The molecule has 0 radical (unpaired) electrons. The van der Waals surface area contributed by atoms with Crippen LogP contribution in [0.5, 0.6) is 0 Å². The lowest BCUT2D eigenvalue weighted by Gasteiger charge is -2.36. The maximum Gasteiger partial charge on any atom is 0.335 e. The van der Waals surface area contributed by atoms with Crippen molar-refractivity contribution in [2.45, 2.75) is 24.8 Å². The van der Waals surface area contributed by atoms with Gasteiger partial charge < -0.3 is 16.2 Å². The molecule has 1 aromatic carbocycles. The van der Waals surface area contributed by atoms with Crippen LogP contribution in [0.4, 0.5) is 5.69 Å². The number of halogens is 1. The van der Waals surface area contributed by atoms with Gasteiger partial charge in [-0.15, -0.1) is 0 Å². The number of anilines is 1. The quantitative estimate of drug-likeness (QED) is 0.795. The van der Waals surface area contributed by atoms with Crippen molar-refractivity contribution in [3.05, 3.63) is 28.2 Å². The summed E-state index contributed by atoms with van der Waals surface area (Å²) in [6.07, 6.45) is 2.28. The molecule has 2 rings (SSSR count). The molecule has 1 amide bonds. The minimum absolute atomic E-state index is 0.111. The van der Waals surface area contributed by atoms with Crippen LogP contribution < -0.4 is 11.1 Å². The van der Waals surface area contributed by atoms with Crippen LogP contribution in [0, 0.1) is 0 Å². The summed E-state index contributed by atoms with van der Waals surface area (Å²) in [4.78, 5) is 22.8. The first-order chi connectivity index (χ1) is 8.40. The van der Waals surface area contributed by atoms with E-state index in [1.54, 1.807) is 6.07 Å². The number of aromatic carboxylic acids is 1. The number of carboxylic acid groups (broad SMARTS) is 1. The molecule has 0 heterocycles. The average molecular weight is 313 g/mol. The number of nitrogens with two attached hydrogens (primary N) is 1. The van der Waals surface area contributed by atoms with Gasteiger partial charge in [0.15, 0.2) is 0 Å². The first-order valence-corrected chi connectivity index (χ1v) is 6.34. The predicted molar refractivity (Wildman–Crippen MR) is 70.5 cm³/mol. The molecule has 0 atom stereocenters. The average Bonchev–Trinajstić information content (AvgIpc) is 2.24. The Kier molecular flexibility index (Phi) is 3.41. The zero-order chi connectivity index (χ0) is 13.3. The monoisotopic (exact) mass is 312 g/mol. The molecule has 6 heteroatoms. The van der Waals surface area contributed by atoms with Crippen molar-refractivity contribution in [2.24, 2.45) is 5.73 Å². The molecule has 1 saturated carbocycles. The van der Waals surface area contributed by atoms with Crippen LogP contribution in [0.2, 0.25) is 0 Å². The number of carbonyl (C=O) groups is 2. The highest BCUT2D eigenvalue weighted by Crippen LogP contribution is 2.30. The Morgan fingerprint density at radius 1 is 1.33 bits per heavy atom.